The van der Waals surface area contributed by atoms with Crippen molar-refractivity contribution in [1.29, 1.82) is 0 Å². The molecular formula is C49H62N4O6S4. The highest BCUT2D eigenvalue weighted by Gasteiger charge is 2.47. The van der Waals surface area contributed by atoms with Crippen molar-refractivity contribution in [3.8, 4) is 0 Å². The van der Waals surface area contributed by atoms with Gasteiger partial charge in [-0.25, -0.2) is 4.79 Å². The lowest BCUT2D eigenvalue weighted by Gasteiger charge is -2.39. The van der Waals surface area contributed by atoms with Gasteiger partial charge in [-0.3, -0.25) is 19.2 Å². The summed E-state index contributed by atoms with van der Waals surface area (Å²) in [5.41, 5.74) is -1.79. The number of benzene rings is 4. The monoisotopic (exact) mass is 930 g/mol. The van der Waals surface area contributed by atoms with Crippen molar-refractivity contribution < 1.29 is 28.7 Å². The standard InChI is InChI=1S/C49H62N4O6S4/c1-36(2)41(54)50-46(3,32-60-28-37-20-12-8-13-21-37)42(55)51-47(4,33-61-29-38-22-14-9-15-23-38)43(56)52-48(5,34-62-30-39-24-16-10-17-25-39)44(57)53-49(6,45(58)59-7)35-63-31-40-26-18-11-19-27-40/h8-27,36H,28-35H2,1-7H3,(H,50,54)(H,51,55)(H,52,56)(H,53,57)/t46-,47+,48-,49+/m0/s1. The number of hydrogen-bond acceptors (Lipinski definition) is 10. The predicted molar refractivity (Wildman–Crippen MR) is 263 cm³/mol. The first-order valence-corrected chi connectivity index (χ1v) is 25.5. The van der Waals surface area contributed by atoms with Crippen LogP contribution in [-0.2, 0) is 51.7 Å². The maximum absolute atomic E-state index is 15.0. The quantitative estimate of drug-likeness (QED) is 0.0483. The maximum Gasteiger partial charge on any atom is 0.332 e. The van der Waals surface area contributed by atoms with Crippen LogP contribution in [0, 0.1) is 5.92 Å². The van der Waals surface area contributed by atoms with E-state index in [1.54, 1.807) is 41.5 Å². The first kappa shape index (κ1) is 51.3. The second-order valence-corrected chi connectivity index (χ2v) is 20.7. The molecule has 338 valence electrons. The number of hydrogen-bond donors (Lipinski definition) is 4. The van der Waals surface area contributed by atoms with Crippen LogP contribution in [0.5, 0.6) is 0 Å². The highest BCUT2D eigenvalue weighted by atomic mass is 32.2. The molecule has 14 heteroatoms. The summed E-state index contributed by atoms with van der Waals surface area (Å²) in [4.78, 5) is 71.1. The largest absolute Gasteiger partial charge is 0.467 e. The van der Waals surface area contributed by atoms with Crippen molar-refractivity contribution >= 4 is 76.6 Å². The first-order valence-electron chi connectivity index (χ1n) is 20.9. The van der Waals surface area contributed by atoms with E-state index >= 15 is 4.79 Å². The van der Waals surface area contributed by atoms with Crippen molar-refractivity contribution in [3.05, 3.63) is 144 Å². The minimum atomic E-state index is -1.58. The number of nitrogens with one attached hydrogen (secondary N) is 4. The molecule has 0 saturated carbocycles. The summed E-state index contributed by atoms with van der Waals surface area (Å²) in [6.45, 7) is 10.1. The van der Waals surface area contributed by atoms with Gasteiger partial charge in [-0.05, 0) is 49.9 Å². The minimum absolute atomic E-state index is 0.132. The molecule has 4 aromatic rings. The summed E-state index contributed by atoms with van der Waals surface area (Å²) in [5, 5.41) is 12.1. The SMILES string of the molecule is COC(=O)[C@@](C)(CSCc1ccccc1)NC(=O)[C@](C)(CSCc1ccccc1)NC(=O)[C@@](C)(CSCc1ccccc1)NC(=O)[C@](C)(CSCc1ccccc1)NC(=O)C(C)C. The Labute approximate surface area is 390 Å². The Morgan fingerprint density at radius 2 is 0.698 bits per heavy atom. The molecule has 10 nitrogen and oxygen atoms in total. The van der Waals surface area contributed by atoms with Gasteiger partial charge in [0.1, 0.15) is 22.2 Å². The zero-order valence-corrected chi connectivity index (χ0v) is 40.6. The van der Waals surface area contributed by atoms with Gasteiger partial charge in [0.25, 0.3) is 0 Å². The first-order chi connectivity index (χ1) is 30.0. The lowest BCUT2D eigenvalue weighted by molar-refractivity contribution is -0.150. The number of thioether (sulfide) groups is 4. The molecule has 4 atom stereocenters. The van der Waals surface area contributed by atoms with E-state index in [1.165, 1.54) is 54.2 Å². The Hall–Kier alpha value is -4.37. The van der Waals surface area contributed by atoms with Gasteiger partial charge in [0.05, 0.1) is 7.11 Å². The summed E-state index contributed by atoms with van der Waals surface area (Å²) in [6, 6.07) is 39.3. The number of ether oxygens (including phenoxy) is 1. The molecule has 0 aliphatic heterocycles. The van der Waals surface area contributed by atoms with E-state index in [0.29, 0.717) is 23.0 Å². The molecule has 0 unspecified atom stereocenters. The van der Waals surface area contributed by atoms with Crippen LogP contribution in [0.4, 0.5) is 0 Å². The van der Waals surface area contributed by atoms with Crippen molar-refractivity contribution in [2.45, 2.75) is 86.7 Å². The van der Waals surface area contributed by atoms with Crippen LogP contribution < -0.4 is 21.3 Å². The Morgan fingerprint density at radius 1 is 0.444 bits per heavy atom. The molecule has 0 bridgehead atoms. The average Bonchev–Trinajstić information content (AvgIpc) is 3.27. The van der Waals surface area contributed by atoms with Crippen LogP contribution in [0.3, 0.4) is 0 Å². The molecule has 0 saturated heterocycles. The number of carbonyl (C=O) groups excluding carboxylic acids is 5. The minimum Gasteiger partial charge on any atom is -0.467 e. The van der Waals surface area contributed by atoms with Crippen molar-refractivity contribution in [2.24, 2.45) is 5.92 Å². The molecule has 4 amide bonds. The van der Waals surface area contributed by atoms with Gasteiger partial charge in [-0.1, -0.05) is 135 Å². The molecule has 0 aromatic heterocycles. The van der Waals surface area contributed by atoms with E-state index in [9.17, 15) is 19.2 Å². The second kappa shape index (κ2) is 24.6. The normalized spacial score (nSPS) is 15.0. The van der Waals surface area contributed by atoms with Crippen molar-refractivity contribution in [2.75, 3.05) is 30.1 Å². The van der Waals surface area contributed by atoms with Crippen LogP contribution in [0.1, 0.15) is 63.8 Å². The Bertz CT molecular complexity index is 2080. The third-order valence-corrected chi connectivity index (χ3v) is 15.5. The zero-order valence-electron chi connectivity index (χ0n) is 37.4. The molecule has 0 heterocycles. The van der Waals surface area contributed by atoms with Gasteiger partial charge in [0, 0.05) is 51.9 Å². The van der Waals surface area contributed by atoms with Gasteiger partial charge in [0.15, 0.2) is 0 Å². The summed E-state index contributed by atoms with van der Waals surface area (Å²) in [6.07, 6.45) is 0. The van der Waals surface area contributed by atoms with Crippen LogP contribution in [-0.4, -0.2) is 81.9 Å². The fourth-order valence-electron chi connectivity index (χ4n) is 6.22. The van der Waals surface area contributed by atoms with Crippen LogP contribution >= 0.6 is 47.0 Å². The molecular weight excluding hydrogens is 869 g/mol. The molecule has 4 rings (SSSR count). The van der Waals surface area contributed by atoms with E-state index in [2.05, 4.69) is 21.3 Å². The smallest absolute Gasteiger partial charge is 0.332 e. The summed E-state index contributed by atoms with van der Waals surface area (Å²) in [5.74, 6) is -0.0169. The lowest BCUT2D eigenvalue weighted by atomic mass is 9.94. The van der Waals surface area contributed by atoms with Gasteiger partial charge >= 0.3 is 5.97 Å². The molecule has 0 radical (unpaired) electrons. The number of esters is 1. The number of rotatable bonds is 25. The maximum atomic E-state index is 15.0. The zero-order chi connectivity index (χ0) is 45.9. The highest BCUT2D eigenvalue weighted by Crippen LogP contribution is 2.27. The van der Waals surface area contributed by atoms with E-state index in [4.69, 9.17) is 4.74 Å². The fraction of sp³-hybridized carbons (Fsp3) is 0.408. The number of methoxy groups -OCH3 is 1. The lowest BCUT2D eigenvalue weighted by Crippen LogP contribution is -2.71. The van der Waals surface area contributed by atoms with Gasteiger partial charge in [0.2, 0.25) is 23.6 Å². The number of carbonyl (C=O) groups is 5. The van der Waals surface area contributed by atoms with Crippen LogP contribution in [0.25, 0.3) is 0 Å². The van der Waals surface area contributed by atoms with Crippen molar-refractivity contribution in [1.82, 2.24) is 21.3 Å². The molecule has 0 spiro atoms. The van der Waals surface area contributed by atoms with Crippen molar-refractivity contribution in [3.63, 3.8) is 0 Å². The molecule has 63 heavy (non-hydrogen) atoms. The average molecular weight is 931 g/mol. The number of amides is 4. The molecule has 0 aliphatic rings. The third kappa shape index (κ3) is 16.0. The molecule has 4 N–H and O–H groups in total. The molecule has 0 fully saturated rings. The van der Waals surface area contributed by atoms with Gasteiger partial charge in [-0.15, -0.1) is 0 Å². The third-order valence-electron chi connectivity index (χ3n) is 10.2. The van der Waals surface area contributed by atoms with Gasteiger partial charge in [-0.2, -0.15) is 47.0 Å². The van der Waals surface area contributed by atoms with Crippen LogP contribution in [0.15, 0.2) is 121 Å². The molecule has 0 aliphatic carbocycles. The Morgan fingerprint density at radius 3 is 0.968 bits per heavy atom. The summed E-state index contributed by atoms with van der Waals surface area (Å²) in [7, 11) is 1.28. The fourth-order valence-corrected chi connectivity index (χ4v) is 10.8. The topological polar surface area (TPSA) is 143 Å². The van der Waals surface area contributed by atoms with Gasteiger partial charge < -0.3 is 26.0 Å². The molecule has 4 aromatic carbocycles. The Kier molecular flexibility index (Phi) is 20.0. The predicted octanol–water partition coefficient (Wildman–Crippen LogP) is 8.05. The summed E-state index contributed by atoms with van der Waals surface area (Å²) < 4.78 is 5.22. The van der Waals surface area contributed by atoms with E-state index in [1.807, 2.05) is 121 Å². The summed E-state index contributed by atoms with van der Waals surface area (Å²) >= 11 is 5.91. The van der Waals surface area contributed by atoms with E-state index < -0.39 is 51.8 Å². The van der Waals surface area contributed by atoms with E-state index in [-0.39, 0.29) is 28.9 Å². The highest BCUT2D eigenvalue weighted by molar-refractivity contribution is 7.99. The van der Waals surface area contributed by atoms with E-state index in [0.717, 1.165) is 22.3 Å². The van der Waals surface area contributed by atoms with Crippen LogP contribution in [0.2, 0.25) is 0 Å². The Balaban J connectivity index is 1.66. The second-order valence-electron chi connectivity index (χ2n) is 16.7.